The SMILES string of the molecule is Cc1[nH+]csc1CCO.[N-]=C=S. The van der Waals surface area contributed by atoms with Gasteiger partial charge in [-0.15, -0.1) is 0 Å². The van der Waals surface area contributed by atoms with Gasteiger partial charge in [-0.3, -0.25) is 0 Å². The lowest BCUT2D eigenvalue weighted by molar-refractivity contribution is -0.380. The number of hydrogen-bond donors (Lipinski definition) is 1. The minimum absolute atomic E-state index is 0.245. The van der Waals surface area contributed by atoms with Gasteiger partial charge >= 0.3 is 0 Å². The molecule has 0 bridgehead atoms. The van der Waals surface area contributed by atoms with Crippen molar-refractivity contribution in [2.45, 2.75) is 13.3 Å². The number of thiazole rings is 1. The van der Waals surface area contributed by atoms with Crippen molar-refractivity contribution >= 4 is 28.7 Å². The van der Waals surface area contributed by atoms with Gasteiger partial charge in [0.15, 0.2) is 5.69 Å². The van der Waals surface area contributed by atoms with Gasteiger partial charge in [0.2, 0.25) is 5.51 Å². The Bertz CT molecular complexity index is 254. The van der Waals surface area contributed by atoms with Crippen LogP contribution in [0.3, 0.4) is 0 Å². The van der Waals surface area contributed by atoms with Gasteiger partial charge in [-0.2, -0.15) is 5.16 Å². The summed E-state index contributed by atoms with van der Waals surface area (Å²) in [5.41, 5.74) is 3.11. The van der Waals surface area contributed by atoms with E-state index in [0.29, 0.717) is 0 Å². The highest BCUT2D eigenvalue weighted by Gasteiger charge is 2.04. The highest BCUT2D eigenvalue weighted by molar-refractivity contribution is 7.78. The molecule has 0 saturated carbocycles. The largest absolute Gasteiger partial charge is 0.753 e. The van der Waals surface area contributed by atoms with Crippen LogP contribution in [0, 0.1) is 6.92 Å². The molecular weight excluding hydrogens is 192 g/mol. The Morgan fingerprint density at radius 1 is 1.83 bits per heavy atom. The van der Waals surface area contributed by atoms with Crippen LogP contribution in [0.4, 0.5) is 0 Å². The molecule has 0 radical (unpaired) electrons. The maximum atomic E-state index is 8.56. The average Bonchev–Trinajstić information content (AvgIpc) is 2.39. The predicted molar refractivity (Wildman–Crippen MR) is 52.4 cm³/mol. The number of rotatable bonds is 2. The summed E-state index contributed by atoms with van der Waals surface area (Å²) in [7, 11) is 0. The van der Waals surface area contributed by atoms with E-state index in [0.717, 1.165) is 6.42 Å². The summed E-state index contributed by atoms with van der Waals surface area (Å²) in [5, 5.41) is 17.0. The van der Waals surface area contributed by atoms with E-state index >= 15 is 0 Å². The molecule has 0 saturated heterocycles. The monoisotopic (exact) mass is 202 g/mol. The van der Waals surface area contributed by atoms with Crippen molar-refractivity contribution in [2.75, 3.05) is 6.61 Å². The Hall–Kier alpha value is -0.610. The molecule has 0 aromatic carbocycles. The number of aryl methyl sites for hydroxylation is 1. The van der Waals surface area contributed by atoms with Crippen molar-refractivity contribution in [3.05, 3.63) is 21.5 Å². The first-order valence-corrected chi connectivity index (χ1v) is 4.61. The van der Waals surface area contributed by atoms with Gasteiger partial charge in [0.25, 0.3) is 0 Å². The molecule has 66 valence electrons. The molecule has 1 rings (SSSR count). The van der Waals surface area contributed by atoms with Gasteiger partial charge in [-0.25, -0.2) is 4.98 Å². The topological polar surface area (TPSA) is 56.7 Å². The van der Waals surface area contributed by atoms with E-state index in [1.54, 1.807) is 11.3 Å². The average molecular weight is 202 g/mol. The molecule has 0 unspecified atom stereocenters. The zero-order valence-corrected chi connectivity index (χ0v) is 8.34. The lowest BCUT2D eigenvalue weighted by Gasteiger charge is -1.86. The van der Waals surface area contributed by atoms with Crippen LogP contribution in [-0.2, 0) is 6.42 Å². The molecule has 0 aliphatic heterocycles. The van der Waals surface area contributed by atoms with Crippen molar-refractivity contribution in [1.82, 2.24) is 0 Å². The molecule has 0 aliphatic rings. The van der Waals surface area contributed by atoms with Crippen LogP contribution in [0.15, 0.2) is 5.51 Å². The van der Waals surface area contributed by atoms with E-state index < -0.39 is 0 Å². The number of hydrogen-bond acceptors (Lipinski definition) is 3. The Balaban J connectivity index is 0.000000354. The first kappa shape index (κ1) is 11.4. The predicted octanol–water partition coefficient (Wildman–Crippen LogP) is 1.06. The lowest BCUT2D eigenvalue weighted by Crippen LogP contribution is -2.01. The Labute approximate surface area is 80.6 Å². The van der Waals surface area contributed by atoms with Crippen molar-refractivity contribution in [3.8, 4) is 0 Å². The molecule has 2 N–H and O–H groups in total. The third-order valence-electron chi connectivity index (χ3n) is 1.23. The highest BCUT2D eigenvalue weighted by Crippen LogP contribution is 2.08. The summed E-state index contributed by atoms with van der Waals surface area (Å²) in [6, 6.07) is 0. The summed E-state index contributed by atoms with van der Waals surface area (Å²) in [4.78, 5) is 4.31. The molecule has 3 nitrogen and oxygen atoms in total. The Morgan fingerprint density at radius 3 is 2.75 bits per heavy atom. The highest BCUT2D eigenvalue weighted by atomic mass is 32.1. The molecule has 1 heterocycles. The van der Waals surface area contributed by atoms with Crippen LogP contribution in [0.2, 0.25) is 0 Å². The first-order valence-electron chi connectivity index (χ1n) is 3.33. The quantitative estimate of drug-likeness (QED) is 0.576. The third kappa shape index (κ3) is 4.31. The molecule has 0 atom stereocenters. The second-order valence-corrected chi connectivity index (χ2v) is 3.14. The molecular formula is C7H10N2OS2. The standard InChI is InChI=1S/C6H9NOS.CNS/c1-5-6(2-3-8)9-4-7-5;2-1-3/h4,8H,2-3H2,1H3;/q;-1/p+1. The zero-order chi connectivity index (χ0) is 9.40. The van der Waals surface area contributed by atoms with Crippen LogP contribution in [0.1, 0.15) is 10.6 Å². The minimum atomic E-state index is 0.245. The molecule has 0 amide bonds. The van der Waals surface area contributed by atoms with E-state index in [9.17, 15) is 0 Å². The summed E-state index contributed by atoms with van der Waals surface area (Å²) in [6.45, 7) is 2.26. The Kier molecular flexibility index (Phi) is 6.70. The van der Waals surface area contributed by atoms with Gasteiger partial charge in [-0.05, 0) is 0 Å². The smallest absolute Gasteiger partial charge is 0.223 e. The third-order valence-corrected chi connectivity index (χ3v) is 2.26. The summed E-state index contributed by atoms with van der Waals surface area (Å²) in [6.07, 6.45) is 0.778. The molecule has 5 heteroatoms. The second kappa shape index (κ2) is 7.06. The molecule has 12 heavy (non-hydrogen) atoms. The number of aliphatic hydroxyl groups excluding tert-OH is 1. The number of thiocarbonyl (C=S) groups is 1. The number of isothiocyanates is 1. The lowest BCUT2D eigenvalue weighted by atomic mass is 10.3. The number of aromatic nitrogens is 1. The summed E-state index contributed by atoms with van der Waals surface area (Å²) < 4.78 is 0. The summed E-state index contributed by atoms with van der Waals surface area (Å²) in [5.74, 6) is 0. The maximum absolute atomic E-state index is 8.56. The molecule has 1 aromatic heterocycles. The molecule has 0 spiro atoms. The van der Waals surface area contributed by atoms with Crippen molar-refractivity contribution < 1.29 is 10.1 Å². The van der Waals surface area contributed by atoms with Crippen LogP contribution in [-0.4, -0.2) is 16.9 Å². The first-order chi connectivity index (χ1) is 5.76. The number of nitrogens with one attached hydrogen (secondary N) is 1. The Morgan fingerprint density at radius 2 is 2.42 bits per heavy atom. The van der Waals surface area contributed by atoms with Crippen LogP contribution >= 0.6 is 23.6 Å². The summed E-state index contributed by atoms with van der Waals surface area (Å²) >= 11 is 5.36. The van der Waals surface area contributed by atoms with Gasteiger partial charge in [-0.1, -0.05) is 23.6 Å². The normalized spacial score (nSPS) is 8.17. The second-order valence-electron chi connectivity index (χ2n) is 1.99. The van der Waals surface area contributed by atoms with Crippen molar-refractivity contribution in [2.24, 2.45) is 0 Å². The number of aromatic amines is 1. The number of H-pyrrole nitrogens is 1. The minimum Gasteiger partial charge on any atom is -0.753 e. The fraction of sp³-hybridized carbons (Fsp3) is 0.429. The fourth-order valence-electron chi connectivity index (χ4n) is 0.706. The van der Waals surface area contributed by atoms with E-state index in [-0.39, 0.29) is 6.61 Å². The van der Waals surface area contributed by atoms with Crippen LogP contribution in [0.25, 0.3) is 5.41 Å². The van der Waals surface area contributed by atoms with E-state index in [2.05, 4.69) is 17.2 Å². The van der Waals surface area contributed by atoms with E-state index in [1.807, 2.05) is 12.4 Å². The van der Waals surface area contributed by atoms with Gasteiger partial charge < -0.3 is 10.5 Å². The van der Waals surface area contributed by atoms with Crippen LogP contribution in [0.5, 0.6) is 0 Å². The van der Waals surface area contributed by atoms with E-state index in [4.69, 9.17) is 10.5 Å². The molecule has 0 aliphatic carbocycles. The zero-order valence-electron chi connectivity index (χ0n) is 6.70. The van der Waals surface area contributed by atoms with Crippen LogP contribution < -0.4 is 4.98 Å². The van der Waals surface area contributed by atoms with Gasteiger partial charge in [0.05, 0.1) is 4.88 Å². The number of aliphatic hydroxyl groups is 1. The van der Waals surface area contributed by atoms with Gasteiger partial charge in [0.1, 0.15) is 0 Å². The molecule has 1 aromatic rings. The van der Waals surface area contributed by atoms with E-state index in [1.165, 1.54) is 15.7 Å². The fourth-order valence-corrected chi connectivity index (χ4v) is 1.53. The van der Waals surface area contributed by atoms with Crippen molar-refractivity contribution in [3.63, 3.8) is 0 Å². The number of nitrogens with zero attached hydrogens (tertiary/aromatic N) is 1. The van der Waals surface area contributed by atoms with Gasteiger partial charge in [0, 0.05) is 20.0 Å². The maximum Gasteiger partial charge on any atom is 0.223 e. The molecule has 0 fully saturated rings. The van der Waals surface area contributed by atoms with Crippen molar-refractivity contribution in [1.29, 1.82) is 0 Å².